The van der Waals surface area contributed by atoms with E-state index in [4.69, 9.17) is 0 Å². The summed E-state index contributed by atoms with van der Waals surface area (Å²) >= 11 is 0. The van der Waals surface area contributed by atoms with Gasteiger partial charge >= 0.3 is 0 Å². The SMILES string of the molecule is C=CCCC(NCC)c1cc(C)nn1CC. The zero-order chi connectivity index (χ0) is 12.0. The Morgan fingerprint density at radius 2 is 2.31 bits per heavy atom. The minimum absolute atomic E-state index is 0.393. The van der Waals surface area contributed by atoms with E-state index in [-0.39, 0.29) is 0 Å². The first kappa shape index (κ1) is 13.0. The van der Waals surface area contributed by atoms with Crippen LogP contribution in [0.2, 0.25) is 0 Å². The molecule has 1 rings (SSSR count). The van der Waals surface area contributed by atoms with Gasteiger partial charge in [-0.2, -0.15) is 5.10 Å². The molecule has 3 nitrogen and oxygen atoms in total. The number of allylic oxidation sites excluding steroid dienone is 1. The molecule has 1 N–H and O–H groups in total. The first-order valence-corrected chi connectivity index (χ1v) is 6.11. The molecule has 0 aliphatic carbocycles. The molecule has 0 aliphatic heterocycles. The van der Waals surface area contributed by atoms with Crippen LogP contribution in [0.25, 0.3) is 0 Å². The van der Waals surface area contributed by atoms with Crippen molar-refractivity contribution in [2.45, 2.75) is 46.2 Å². The van der Waals surface area contributed by atoms with E-state index in [1.165, 1.54) is 5.69 Å². The van der Waals surface area contributed by atoms with Crippen molar-refractivity contribution >= 4 is 0 Å². The van der Waals surface area contributed by atoms with Gasteiger partial charge in [-0.1, -0.05) is 13.0 Å². The van der Waals surface area contributed by atoms with Crippen molar-refractivity contribution in [3.63, 3.8) is 0 Å². The molecule has 0 amide bonds. The Kier molecular flexibility index (Phi) is 5.26. The van der Waals surface area contributed by atoms with Crippen LogP contribution in [-0.4, -0.2) is 16.3 Å². The predicted molar refractivity (Wildman–Crippen MR) is 68.5 cm³/mol. The number of rotatable bonds is 7. The van der Waals surface area contributed by atoms with E-state index in [0.29, 0.717) is 6.04 Å². The summed E-state index contributed by atoms with van der Waals surface area (Å²) in [6.45, 7) is 12.0. The standard InChI is InChI=1S/C13H23N3/c1-5-8-9-12(14-6-2)13-10-11(4)15-16(13)7-3/h5,10,12,14H,1,6-9H2,2-4H3. The number of nitrogens with zero attached hydrogens (tertiary/aromatic N) is 2. The monoisotopic (exact) mass is 221 g/mol. The normalized spacial score (nSPS) is 12.7. The van der Waals surface area contributed by atoms with Gasteiger partial charge in [0.2, 0.25) is 0 Å². The van der Waals surface area contributed by atoms with Gasteiger partial charge in [0.05, 0.1) is 11.4 Å². The molecule has 0 saturated carbocycles. The van der Waals surface area contributed by atoms with Crippen LogP contribution in [0.3, 0.4) is 0 Å². The van der Waals surface area contributed by atoms with Crippen LogP contribution >= 0.6 is 0 Å². The van der Waals surface area contributed by atoms with E-state index >= 15 is 0 Å². The summed E-state index contributed by atoms with van der Waals surface area (Å²) < 4.78 is 2.09. The Hall–Kier alpha value is -1.09. The second-order valence-electron chi connectivity index (χ2n) is 4.00. The van der Waals surface area contributed by atoms with E-state index in [1.54, 1.807) is 0 Å². The fourth-order valence-corrected chi connectivity index (χ4v) is 1.98. The maximum atomic E-state index is 4.49. The molecule has 0 spiro atoms. The van der Waals surface area contributed by atoms with Gasteiger partial charge in [-0.05, 0) is 39.3 Å². The lowest BCUT2D eigenvalue weighted by molar-refractivity contribution is 0.469. The molecule has 0 bridgehead atoms. The lowest BCUT2D eigenvalue weighted by Gasteiger charge is -2.18. The molecular weight excluding hydrogens is 198 g/mol. The van der Waals surface area contributed by atoms with Crippen LogP contribution in [0.4, 0.5) is 0 Å². The summed E-state index contributed by atoms with van der Waals surface area (Å²) in [5, 5.41) is 8.00. The molecule has 1 heterocycles. The third-order valence-electron chi connectivity index (χ3n) is 2.70. The summed E-state index contributed by atoms with van der Waals surface area (Å²) in [5.74, 6) is 0. The Balaban J connectivity index is 2.85. The smallest absolute Gasteiger partial charge is 0.0597 e. The fraction of sp³-hybridized carbons (Fsp3) is 0.615. The number of nitrogens with one attached hydrogen (secondary N) is 1. The van der Waals surface area contributed by atoms with Gasteiger partial charge in [0, 0.05) is 12.6 Å². The molecule has 1 aromatic rings. The predicted octanol–water partition coefficient (Wildman–Crippen LogP) is 2.83. The third-order valence-corrected chi connectivity index (χ3v) is 2.70. The molecule has 3 heteroatoms. The summed E-state index contributed by atoms with van der Waals surface area (Å²) in [4.78, 5) is 0. The van der Waals surface area contributed by atoms with E-state index in [2.05, 4.69) is 41.6 Å². The van der Waals surface area contributed by atoms with Gasteiger partial charge in [0.15, 0.2) is 0 Å². The van der Waals surface area contributed by atoms with E-state index in [1.807, 2.05) is 13.0 Å². The average Bonchev–Trinajstić information content (AvgIpc) is 2.65. The van der Waals surface area contributed by atoms with Crippen LogP contribution in [0.5, 0.6) is 0 Å². The molecule has 0 radical (unpaired) electrons. The van der Waals surface area contributed by atoms with Gasteiger partial charge in [-0.3, -0.25) is 4.68 Å². The van der Waals surface area contributed by atoms with E-state index < -0.39 is 0 Å². The highest BCUT2D eigenvalue weighted by molar-refractivity contribution is 5.13. The fourth-order valence-electron chi connectivity index (χ4n) is 1.98. The van der Waals surface area contributed by atoms with Gasteiger partial charge < -0.3 is 5.32 Å². The first-order valence-electron chi connectivity index (χ1n) is 6.11. The zero-order valence-corrected chi connectivity index (χ0v) is 10.7. The van der Waals surface area contributed by atoms with Crippen molar-refractivity contribution in [3.8, 4) is 0 Å². The van der Waals surface area contributed by atoms with Gasteiger partial charge in [-0.25, -0.2) is 0 Å². The lowest BCUT2D eigenvalue weighted by Crippen LogP contribution is -2.23. The van der Waals surface area contributed by atoms with Crippen LogP contribution < -0.4 is 5.32 Å². The Labute approximate surface area is 98.5 Å². The molecule has 1 atom stereocenters. The molecule has 90 valence electrons. The Morgan fingerprint density at radius 1 is 1.56 bits per heavy atom. The van der Waals surface area contributed by atoms with E-state index in [0.717, 1.165) is 31.6 Å². The highest BCUT2D eigenvalue weighted by Crippen LogP contribution is 2.19. The van der Waals surface area contributed by atoms with E-state index in [9.17, 15) is 0 Å². The number of aromatic nitrogens is 2. The number of aryl methyl sites for hydroxylation is 2. The van der Waals surface area contributed by atoms with Gasteiger partial charge in [-0.15, -0.1) is 6.58 Å². The molecule has 0 fully saturated rings. The molecule has 0 aromatic carbocycles. The van der Waals surface area contributed by atoms with Gasteiger partial charge in [0.25, 0.3) is 0 Å². The van der Waals surface area contributed by atoms with Crippen LogP contribution in [0, 0.1) is 6.92 Å². The quantitative estimate of drug-likeness (QED) is 0.718. The maximum absolute atomic E-state index is 4.49. The van der Waals surface area contributed by atoms with Crippen molar-refractivity contribution in [3.05, 3.63) is 30.1 Å². The molecule has 0 saturated heterocycles. The van der Waals surface area contributed by atoms with Crippen molar-refractivity contribution < 1.29 is 0 Å². The average molecular weight is 221 g/mol. The number of hydrogen-bond acceptors (Lipinski definition) is 2. The zero-order valence-electron chi connectivity index (χ0n) is 10.7. The highest BCUT2D eigenvalue weighted by atomic mass is 15.3. The minimum atomic E-state index is 0.393. The molecule has 0 aliphatic rings. The molecule has 16 heavy (non-hydrogen) atoms. The summed E-state index contributed by atoms with van der Waals surface area (Å²) in [7, 11) is 0. The Bertz CT molecular complexity index is 328. The molecule has 1 aromatic heterocycles. The van der Waals surface area contributed by atoms with Crippen LogP contribution in [-0.2, 0) is 6.54 Å². The summed E-state index contributed by atoms with van der Waals surface area (Å²) in [5.41, 5.74) is 2.39. The highest BCUT2D eigenvalue weighted by Gasteiger charge is 2.14. The van der Waals surface area contributed by atoms with Crippen molar-refractivity contribution in [1.82, 2.24) is 15.1 Å². The lowest BCUT2D eigenvalue weighted by atomic mass is 10.1. The molecule has 1 unspecified atom stereocenters. The topological polar surface area (TPSA) is 29.9 Å². The molecular formula is C13H23N3. The second-order valence-corrected chi connectivity index (χ2v) is 4.00. The largest absolute Gasteiger partial charge is 0.309 e. The second kappa shape index (κ2) is 6.48. The minimum Gasteiger partial charge on any atom is -0.309 e. The van der Waals surface area contributed by atoms with Crippen LogP contribution in [0.15, 0.2) is 18.7 Å². The van der Waals surface area contributed by atoms with Crippen molar-refractivity contribution in [2.24, 2.45) is 0 Å². The Morgan fingerprint density at radius 3 is 2.88 bits per heavy atom. The van der Waals surface area contributed by atoms with Gasteiger partial charge in [0.1, 0.15) is 0 Å². The van der Waals surface area contributed by atoms with Crippen LogP contribution in [0.1, 0.15) is 44.1 Å². The maximum Gasteiger partial charge on any atom is 0.0597 e. The van der Waals surface area contributed by atoms with Crippen molar-refractivity contribution in [2.75, 3.05) is 6.54 Å². The first-order chi connectivity index (χ1) is 7.72. The number of hydrogen-bond donors (Lipinski definition) is 1. The van der Waals surface area contributed by atoms with Crippen molar-refractivity contribution in [1.29, 1.82) is 0 Å². The summed E-state index contributed by atoms with van der Waals surface area (Å²) in [6, 6.07) is 2.57. The summed E-state index contributed by atoms with van der Waals surface area (Å²) in [6.07, 6.45) is 4.10. The third kappa shape index (κ3) is 3.20.